The molecule has 1 heterocycles. The van der Waals surface area contributed by atoms with E-state index in [1.165, 1.54) is 0 Å². The number of nitrogens with zero attached hydrogens (tertiary/aromatic N) is 2. The standard InChI is InChI=1S/C18H29N5O2/c1-3-19-18(22-14-7-9-15(24)10-8-14)20-12-11-17(25)23-16-6-4-5-13(2)21-16/h4-6,14-15,24H,3,7-12H2,1-2H3,(H2,19,20,22)(H,21,23,25). The van der Waals surface area contributed by atoms with Crippen LogP contribution in [-0.2, 0) is 4.79 Å². The number of hydrogen-bond donors (Lipinski definition) is 4. The molecule has 0 unspecified atom stereocenters. The van der Waals surface area contributed by atoms with Crippen molar-refractivity contribution >= 4 is 17.7 Å². The molecule has 25 heavy (non-hydrogen) atoms. The van der Waals surface area contributed by atoms with E-state index in [2.05, 4.69) is 25.9 Å². The molecule has 0 aliphatic heterocycles. The van der Waals surface area contributed by atoms with Gasteiger partial charge in [-0.05, 0) is 51.7 Å². The zero-order valence-corrected chi connectivity index (χ0v) is 15.1. The molecule has 1 aromatic rings. The molecule has 0 spiro atoms. The van der Waals surface area contributed by atoms with Crippen molar-refractivity contribution in [3.05, 3.63) is 23.9 Å². The maximum atomic E-state index is 12.0. The Balaban J connectivity index is 1.78. The van der Waals surface area contributed by atoms with Crippen LogP contribution in [0.3, 0.4) is 0 Å². The van der Waals surface area contributed by atoms with Crippen LogP contribution < -0.4 is 16.0 Å². The average Bonchev–Trinajstić information content (AvgIpc) is 2.57. The molecule has 1 aliphatic carbocycles. The van der Waals surface area contributed by atoms with E-state index >= 15 is 0 Å². The van der Waals surface area contributed by atoms with Crippen molar-refractivity contribution in [2.75, 3.05) is 18.4 Å². The smallest absolute Gasteiger partial charge is 0.227 e. The fraction of sp³-hybridized carbons (Fsp3) is 0.611. The Labute approximate surface area is 149 Å². The van der Waals surface area contributed by atoms with Crippen LogP contribution in [0.15, 0.2) is 23.2 Å². The molecule has 138 valence electrons. The minimum absolute atomic E-state index is 0.0986. The van der Waals surface area contributed by atoms with Crippen molar-refractivity contribution in [2.45, 2.75) is 58.1 Å². The van der Waals surface area contributed by atoms with Crippen LogP contribution in [0, 0.1) is 6.92 Å². The number of pyridine rings is 1. The molecule has 1 saturated carbocycles. The summed E-state index contributed by atoms with van der Waals surface area (Å²) in [5.41, 5.74) is 0.868. The summed E-state index contributed by atoms with van der Waals surface area (Å²) >= 11 is 0. The van der Waals surface area contributed by atoms with E-state index in [4.69, 9.17) is 0 Å². The molecule has 2 rings (SSSR count). The molecule has 0 radical (unpaired) electrons. The highest BCUT2D eigenvalue weighted by atomic mass is 16.3. The zero-order valence-electron chi connectivity index (χ0n) is 15.1. The first kappa shape index (κ1) is 19.2. The van der Waals surface area contributed by atoms with Gasteiger partial charge in [-0.15, -0.1) is 0 Å². The second-order valence-electron chi connectivity index (χ2n) is 6.37. The molecule has 1 fully saturated rings. The first-order valence-electron chi connectivity index (χ1n) is 9.03. The van der Waals surface area contributed by atoms with E-state index in [9.17, 15) is 9.90 Å². The van der Waals surface area contributed by atoms with E-state index in [0.29, 0.717) is 24.8 Å². The lowest BCUT2D eigenvalue weighted by atomic mass is 9.93. The van der Waals surface area contributed by atoms with Crippen molar-refractivity contribution in [3.63, 3.8) is 0 Å². The molecule has 1 aliphatic rings. The predicted molar refractivity (Wildman–Crippen MR) is 99.6 cm³/mol. The number of guanidine groups is 1. The van der Waals surface area contributed by atoms with Crippen molar-refractivity contribution in [3.8, 4) is 0 Å². The largest absolute Gasteiger partial charge is 0.393 e. The summed E-state index contributed by atoms with van der Waals surface area (Å²) in [7, 11) is 0. The number of aryl methyl sites for hydroxylation is 1. The fourth-order valence-electron chi connectivity index (χ4n) is 2.82. The monoisotopic (exact) mass is 347 g/mol. The minimum Gasteiger partial charge on any atom is -0.393 e. The second-order valence-corrected chi connectivity index (χ2v) is 6.37. The third kappa shape index (κ3) is 7.09. The molecule has 0 aromatic carbocycles. The van der Waals surface area contributed by atoms with Crippen molar-refractivity contribution in [1.82, 2.24) is 15.6 Å². The van der Waals surface area contributed by atoms with Crippen molar-refractivity contribution < 1.29 is 9.90 Å². The predicted octanol–water partition coefficient (Wildman–Crippen LogP) is 1.58. The van der Waals surface area contributed by atoms with Crippen LogP contribution >= 0.6 is 0 Å². The number of anilines is 1. The highest BCUT2D eigenvalue weighted by Crippen LogP contribution is 2.18. The Bertz CT molecular complexity index is 583. The lowest BCUT2D eigenvalue weighted by Crippen LogP contribution is -2.45. The molecule has 4 N–H and O–H groups in total. The molecule has 0 atom stereocenters. The summed E-state index contributed by atoms with van der Waals surface area (Å²) in [5.74, 6) is 1.20. The average molecular weight is 347 g/mol. The van der Waals surface area contributed by atoms with Crippen LogP contribution in [0.1, 0.15) is 44.7 Å². The van der Waals surface area contributed by atoms with Crippen LogP contribution in [0.25, 0.3) is 0 Å². The highest BCUT2D eigenvalue weighted by molar-refractivity contribution is 5.90. The lowest BCUT2D eigenvalue weighted by molar-refractivity contribution is -0.116. The topological polar surface area (TPSA) is 98.6 Å². The quantitative estimate of drug-likeness (QED) is 0.463. The molecule has 0 saturated heterocycles. The first-order chi connectivity index (χ1) is 12.1. The molecular weight excluding hydrogens is 318 g/mol. The number of carbonyl (C=O) groups excluding carboxylic acids is 1. The van der Waals surface area contributed by atoms with E-state index in [1.54, 1.807) is 6.07 Å². The number of hydrogen-bond acceptors (Lipinski definition) is 4. The number of rotatable bonds is 6. The molecule has 7 nitrogen and oxygen atoms in total. The van der Waals surface area contributed by atoms with Gasteiger partial charge in [0.05, 0.1) is 12.6 Å². The summed E-state index contributed by atoms with van der Waals surface area (Å²) in [4.78, 5) is 20.7. The van der Waals surface area contributed by atoms with Crippen LogP contribution in [0.4, 0.5) is 5.82 Å². The third-order valence-electron chi connectivity index (χ3n) is 4.15. The van der Waals surface area contributed by atoms with E-state index in [-0.39, 0.29) is 12.0 Å². The van der Waals surface area contributed by atoms with Gasteiger partial charge in [0.15, 0.2) is 5.96 Å². The Kier molecular flexibility index (Phi) is 7.66. The number of carbonyl (C=O) groups is 1. The Morgan fingerprint density at radius 1 is 1.32 bits per heavy atom. The molecule has 1 amide bonds. The van der Waals surface area contributed by atoms with Gasteiger partial charge in [-0.2, -0.15) is 0 Å². The van der Waals surface area contributed by atoms with E-state index in [0.717, 1.165) is 43.9 Å². The molecule has 7 heteroatoms. The molecule has 0 bridgehead atoms. The normalized spacial score (nSPS) is 20.8. The van der Waals surface area contributed by atoms with Gasteiger partial charge in [0.1, 0.15) is 5.82 Å². The highest BCUT2D eigenvalue weighted by Gasteiger charge is 2.19. The Morgan fingerprint density at radius 2 is 2.08 bits per heavy atom. The Morgan fingerprint density at radius 3 is 2.76 bits per heavy atom. The van der Waals surface area contributed by atoms with Gasteiger partial charge in [-0.3, -0.25) is 9.79 Å². The van der Waals surface area contributed by atoms with Gasteiger partial charge in [-0.1, -0.05) is 6.07 Å². The second kappa shape index (κ2) is 9.98. The van der Waals surface area contributed by atoms with Gasteiger partial charge < -0.3 is 21.1 Å². The minimum atomic E-state index is -0.170. The van der Waals surface area contributed by atoms with Gasteiger partial charge in [0, 0.05) is 24.7 Å². The third-order valence-corrected chi connectivity index (χ3v) is 4.15. The number of amides is 1. The van der Waals surface area contributed by atoms with Gasteiger partial charge in [0.25, 0.3) is 0 Å². The summed E-state index contributed by atoms with van der Waals surface area (Å²) < 4.78 is 0. The summed E-state index contributed by atoms with van der Waals surface area (Å²) in [6.07, 6.45) is 3.65. The maximum absolute atomic E-state index is 12.0. The number of aliphatic hydroxyl groups excluding tert-OH is 1. The zero-order chi connectivity index (χ0) is 18.1. The summed E-state index contributed by atoms with van der Waals surface area (Å²) in [5, 5.41) is 19.0. The molecular formula is C18H29N5O2. The fourth-order valence-corrected chi connectivity index (χ4v) is 2.82. The van der Waals surface area contributed by atoms with E-state index < -0.39 is 0 Å². The van der Waals surface area contributed by atoms with Crippen molar-refractivity contribution in [1.29, 1.82) is 0 Å². The summed E-state index contributed by atoms with van der Waals surface area (Å²) in [6.45, 7) is 5.07. The van der Waals surface area contributed by atoms with Crippen LogP contribution in [-0.4, -0.2) is 47.2 Å². The Hall–Kier alpha value is -2.15. The number of aromatic nitrogens is 1. The summed E-state index contributed by atoms with van der Waals surface area (Å²) in [6, 6.07) is 5.85. The number of aliphatic hydroxyl groups is 1. The number of aliphatic imine (C=N–C) groups is 1. The lowest BCUT2D eigenvalue weighted by Gasteiger charge is -2.27. The number of nitrogens with one attached hydrogen (secondary N) is 3. The SMILES string of the molecule is CCNC(=NCCC(=O)Nc1cccc(C)n1)NC1CCC(O)CC1. The van der Waals surface area contributed by atoms with Gasteiger partial charge in [0.2, 0.25) is 5.91 Å². The van der Waals surface area contributed by atoms with E-state index in [1.807, 2.05) is 26.0 Å². The van der Waals surface area contributed by atoms with Crippen LogP contribution in [0.5, 0.6) is 0 Å². The first-order valence-corrected chi connectivity index (χ1v) is 9.03. The molecule has 1 aromatic heterocycles. The maximum Gasteiger partial charge on any atom is 0.227 e. The van der Waals surface area contributed by atoms with Gasteiger partial charge >= 0.3 is 0 Å². The van der Waals surface area contributed by atoms with Gasteiger partial charge in [-0.25, -0.2) is 4.98 Å². The van der Waals surface area contributed by atoms with Crippen molar-refractivity contribution in [2.24, 2.45) is 4.99 Å². The van der Waals surface area contributed by atoms with Crippen LogP contribution in [0.2, 0.25) is 0 Å².